The van der Waals surface area contributed by atoms with Crippen molar-refractivity contribution in [1.82, 2.24) is 19.8 Å². The molecule has 1 N–H and O–H groups in total. The van der Waals surface area contributed by atoms with Crippen LogP contribution in [0.3, 0.4) is 0 Å². The fraction of sp³-hybridized carbons (Fsp3) is 0.346. The van der Waals surface area contributed by atoms with Crippen LogP contribution < -0.4 is 14.8 Å². The number of benzene rings is 1. The first-order valence-corrected chi connectivity index (χ1v) is 11.5. The Morgan fingerprint density at radius 2 is 1.91 bits per heavy atom. The molecule has 0 spiro atoms. The van der Waals surface area contributed by atoms with Gasteiger partial charge in [0.1, 0.15) is 17.2 Å². The van der Waals surface area contributed by atoms with E-state index in [1.165, 1.54) is 0 Å². The van der Waals surface area contributed by atoms with Crippen LogP contribution in [0.15, 0.2) is 61.1 Å². The average molecular weight is 463 g/mol. The molecule has 34 heavy (non-hydrogen) atoms. The van der Waals surface area contributed by atoms with Crippen molar-refractivity contribution in [3.05, 3.63) is 72.3 Å². The van der Waals surface area contributed by atoms with Crippen LogP contribution in [0.2, 0.25) is 0 Å². The van der Waals surface area contributed by atoms with Crippen molar-refractivity contribution in [2.24, 2.45) is 5.92 Å². The molecule has 1 saturated heterocycles. The lowest BCUT2D eigenvalue weighted by Crippen LogP contribution is -2.43. The Hall–Kier alpha value is -3.81. The zero-order valence-corrected chi connectivity index (χ0v) is 19.6. The SMILES string of the molecule is COc1ccc(CCNC(=O)C2CCN(C(=O)c3cccn3-c3cccnc3)CC2)c(OC)c1. The van der Waals surface area contributed by atoms with Gasteiger partial charge in [0.15, 0.2) is 0 Å². The molecular weight excluding hydrogens is 432 g/mol. The molecule has 1 fully saturated rings. The molecule has 2 aromatic heterocycles. The first kappa shape index (κ1) is 23.4. The highest BCUT2D eigenvalue weighted by Gasteiger charge is 2.28. The quantitative estimate of drug-likeness (QED) is 0.556. The lowest BCUT2D eigenvalue weighted by Gasteiger charge is -2.31. The van der Waals surface area contributed by atoms with Gasteiger partial charge in [-0.2, -0.15) is 0 Å². The van der Waals surface area contributed by atoms with Crippen LogP contribution >= 0.6 is 0 Å². The zero-order valence-electron chi connectivity index (χ0n) is 19.6. The van der Waals surface area contributed by atoms with Gasteiger partial charge in [-0.25, -0.2) is 0 Å². The Kier molecular flexibility index (Phi) is 7.47. The molecule has 8 nitrogen and oxygen atoms in total. The minimum absolute atomic E-state index is 0.0284. The maximum absolute atomic E-state index is 13.1. The number of aromatic nitrogens is 2. The third kappa shape index (κ3) is 5.22. The molecule has 0 atom stereocenters. The van der Waals surface area contributed by atoms with Crippen molar-refractivity contribution in [3.8, 4) is 17.2 Å². The Balaban J connectivity index is 1.28. The van der Waals surface area contributed by atoms with E-state index >= 15 is 0 Å². The van der Waals surface area contributed by atoms with Gasteiger partial charge in [0.05, 0.1) is 26.1 Å². The Morgan fingerprint density at radius 3 is 2.62 bits per heavy atom. The molecule has 8 heteroatoms. The average Bonchev–Trinajstić information content (AvgIpc) is 3.39. The summed E-state index contributed by atoms with van der Waals surface area (Å²) in [7, 11) is 3.24. The highest BCUT2D eigenvalue weighted by molar-refractivity contribution is 5.93. The van der Waals surface area contributed by atoms with E-state index in [1.54, 1.807) is 26.6 Å². The lowest BCUT2D eigenvalue weighted by atomic mass is 9.95. The second-order valence-corrected chi connectivity index (χ2v) is 8.26. The van der Waals surface area contributed by atoms with Gasteiger partial charge in [0.25, 0.3) is 5.91 Å². The molecule has 0 unspecified atom stereocenters. The number of hydrogen-bond acceptors (Lipinski definition) is 5. The summed E-state index contributed by atoms with van der Waals surface area (Å²) in [6.45, 7) is 1.64. The number of amides is 2. The first-order chi connectivity index (χ1) is 16.6. The van der Waals surface area contributed by atoms with Crippen molar-refractivity contribution in [2.45, 2.75) is 19.3 Å². The highest BCUT2D eigenvalue weighted by Crippen LogP contribution is 2.25. The van der Waals surface area contributed by atoms with E-state index in [0.717, 1.165) is 22.7 Å². The number of methoxy groups -OCH3 is 2. The van der Waals surface area contributed by atoms with E-state index in [-0.39, 0.29) is 17.7 Å². The second-order valence-electron chi connectivity index (χ2n) is 8.26. The van der Waals surface area contributed by atoms with Crippen molar-refractivity contribution >= 4 is 11.8 Å². The van der Waals surface area contributed by atoms with Crippen LogP contribution in [0.25, 0.3) is 5.69 Å². The monoisotopic (exact) mass is 462 g/mol. The number of nitrogens with zero attached hydrogens (tertiary/aromatic N) is 3. The number of pyridine rings is 1. The van der Waals surface area contributed by atoms with Crippen molar-refractivity contribution in [2.75, 3.05) is 33.9 Å². The third-order valence-corrected chi connectivity index (χ3v) is 6.23. The number of piperidine rings is 1. The number of carbonyl (C=O) groups is 2. The van der Waals surface area contributed by atoms with Crippen LogP contribution in [0, 0.1) is 5.92 Å². The fourth-order valence-electron chi connectivity index (χ4n) is 4.31. The molecule has 178 valence electrons. The fourth-order valence-corrected chi connectivity index (χ4v) is 4.31. The number of likely N-dealkylation sites (tertiary alicyclic amines) is 1. The molecule has 3 aromatic rings. The number of carbonyl (C=O) groups excluding carboxylic acids is 2. The van der Waals surface area contributed by atoms with E-state index in [0.29, 0.717) is 44.6 Å². The number of hydrogen-bond donors (Lipinski definition) is 1. The smallest absolute Gasteiger partial charge is 0.270 e. The van der Waals surface area contributed by atoms with Gasteiger partial charge >= 0.3 is 0 Å². The van der Waals surface area contributed by atoms with Gasteiger partial charge in [-0.1, -0.05) is 6.07 Å². The minimum atomic E-state index is -0.0908. The molecule has 0 saturated carbocycles. The molecule has 2 amide bonds. The van der Waals surface area contributed by atoms with Crippen molar-refractivity contribution in [1.29, 1.82) is 0 Å². The molecule has 4 rings (SSSR count). The predicted molar refractivity (Wildman–Crippen MR) is 128 cm³/mol. The summed E-state index contributed by atoms with van der Waals surface area (Å²) in [6, 6.07) is 13.1. The molecule has 1 aliphatic heterocycles. The van der Waals surface area contributed by atoms with E-state index < -0.39 is 0 Å². The molecule has 1 aliphatic rings. The molecule has 0 bridgehead atoms. The summed E-state index contributed by atoms with van der Waals surface area (Å²) in [6.07, 6.45) is 7.27. The van der Waals surface area contributed by atoms with E-state index in [1.807, 2.05) is 58.1 Å². The largest absolute Gasteiger partial charge is 0.497 e. The summed E-state index contributed by atoms with van der Waals surface area (Å²) in [4.78, 5) is 31.8. The third-order valence-electron chi connectivity index (χ3n) is 6.23. The molecule has 0 radical (unpaired) electrons. The highest BCUT2D eigenvalue weighted by atomic mass is 16.5. The van der Waals surface area contributed by atoms with Crippen LogP contribution in [0.5, 0.6) is 11.5 Å². The Bertz CT molecular complexity index is 1120. The van der Waals surface area contributed by atoms with Gasteiger partial charge in [-0.15, -0.1) is 0 Å². The molecule has 3 heterocycles. The summed E-state index contributed by atoms with van der Waals surface area (Å²) < 4.78 is 12.5. The first-order valence-electron chi connectivity index (χ1n) is 11.5. The number of ether oxygens (including phenoxy) is 2. The maximum atomic E-state index is 13.1. The topological polar surface area (TPSA) is 85.7 Å². The van der Waals surface area contributed by atoms with Gasteiger partial charge in [0.2, 0.25) is 5.91 Å². The predicted octanol–water partition coefficient (Wildman–Crippen LogP) is 3.10. The molecule has 1 aromatic carbocycles. The van der Waals surface area contributed by atoms with Crippen LogP contribution in [-0.4, -0.2) is 60.1 Å². The summed E-state index contributed by atoms with van der Waals surface area (Å²) in [5.41, 5.74) is 2.46. The van der Waals surface area contributed by atoms with Crippen molar-refractivity contribution in [3.63, 3.8) is 0 Å². The maximum Gasteiger partial charge on any atom is 0.270 e. The van der Waals surface area contributed by atoms with E-state index in [2.05, 4.69) is 10.3 Å². The van der Waals surface area contributed by atoms with Gasteiger partial charge in [-0.05, 0) is 55.2 Å². The molecular formula is C26H30N4O4. The van der Waals surface area contributed by atoms with E-state index in [9.17, 15) is 9.59 Å². The van der Waals surface area contributed by atoms with Gasteiger partial charge in [0, 0.05) is 44.0 Å². The lowest BCUT2D eigenvalue weighted by molar-refractivity contribution is -0.126. The zero-order chi connectivity index (χ0) is 23.9. The summed E-state index contributed by atoms with van der Waals surface area (Å²) >= 11 is 0. The van der Waals surface area contributed by atoms with Gasteiger partial charge in [-0.3, -0.25) is 14.6 Å². The Morgan fingerprint density at radius 1 is 1.09 bits per heavy atom. The molecule has 0 aliphatic carbocycles. The van der Waals surface area contributed by atoms with E-state index in [4.69, 9.17) is 9.47 Å². The minimum Gasteiger partial charge on any atom is -0.497 e. The number of nitrogens with one attached hydrogen (secondary N) is 1. The van der Waals surface area contributed by atoms with Crippen molar-refractivity contribution < 1.29 is 19.1 Å². The summed E-state index contributed by atoms with van der Waals surface area (Å²) in [5, 5.41) is 3.04. The number of rotatable bonds is 8. The van der Waals surface area contributed by atoms with Crippen LogP contribution in [0.1, 0.15) is 28.9 Å². The van der Waals surface area contributed by atoms with Gasteiger partial charge < -0.3 is 24.3 Å². The van der Waals surface area contributed by atoms with Crippen LogP contribution in [-0.2, 0) is 11.2 Å². The standard InChI is InChI=1S/C26H30N4O4/c1-33-22-8-7-19(24(17-22)34-2)9-13-28-25(31)20-10-15-29(16-11-20)26(32)23-6-4-14-30(23)21-5-3-12-27-18-21/h3-8,12,14,17-18,20H,9-11,13,15-16H2,1-2H3,(H,28,31). The normalized spacial score (nSPS) is 14.0. The Labute approximate surface area is 199 Å². The summed E-state index contributed by atoms with van der Waals surface area (Å²) in [5.74, 6) is 1.40. The second kappa shape index (κ2) is 10.9. The van der Waals surface area contributed by atoms with Crippen LogP contribution in [0.4, 0.5) is 0 Å².